The Balaban J connectivity index is 2.28. The molecule has 2 rings (SSSR count). The lowest BCUT2D eigenvalue weighted by Crippen LogP contribution is -1.96. The lowest BCUT2D eigenvalue weighted by atomic mass is 9.98. The van der Waals surface area contributed by atoms with Gasteiger partial charge in [0.2, 0.25) is 0 Å². The average Bonchev–Trinajstić information content (AvgIpc) is 3.08. The Bertz CT molecular complexity index is 508. The lowest BCUT2D eigenvalue weighted by molar-refractivity contribution is 0.111. The number of carbonyl (C=O) groups is 2. The highest BCUT2D eigenvalue weighted by Gasteiger charge is 2.18. The molecule has 0 aliphatic rings. The van der Waals surface area contributed by atoms with Crippen LogP contribution in [-0.4, -0.2) is 12.6 Å². The predicted molar refractivity (Wildman–Crippen MR) is 80.8 cm³/mol. The summed E-state index contributed by atoms with van der Waals surface area (Å²) in [7, 11) is 0. The van der Waals surface area contributed by atoms with Gasteiger partial charge in [0.1, 0.15) is 0 Å². The molecule has 0 spiro atoms. The summed E-state index contributed by atoms with van der Waals surface area (Å²) in [5.74, 6) is 0.317. The smallest absolute Gasteiger partial charge is 0.160 e. The number of rotatable bonds is 7. The maximum absolute atomic E-state index is 10.8. The van der Waals surface area contributed by atoms with E-state index in [9.17, 15) is 9.59 Å². The Morgan fingerprint density at radius 1 is 1.00 bits per heavy atom. The van der Waals surface area contributed by atoms with Crippen molar-refractivity contribution in [1.82, 2.24) is 0 Å². The van der Waals surface area contributed by atoms with Crippen molar-refractivity contribution in [3.63, 3.8) is 0 Å². The summed E-state index contributed by atoms with van der Waals surface area (Å²) in [6, 6.07) is 7.82. The molecule has 100 valence electrons. The van der Waals surface area contributed by atoms with Gasteiger partial charge in [-0.05, 0) is 30.7 Å². The van der Waals surface area contributed by atoms with E-state index in [0.29, 0.717) is 5.92 Å². The van der Waals surface area contributed by atoms with Gasteiger partial charge in [0, 0.05) is 15.7 Å². The zero-order valence-corrected chi connectivity index (χ0v) is 12.4. The van der Waals surface area contributed by atoms with Crippen molar-refractivity contribution in [1.29, 1.82) is 0 Å². The molecular formula is C15H16O2S2. The van der Waals surface area contributed by atoms with E-state index in [-0.39, 0.29) is 0 Å². The van der Waals surface area contributed by atoms with Crippen molar-refractivity contribution in [2.24, 2.45) is 0 Å². The van der Waals surface area contributed by atoms with E-state index in [1.807, 2.05) is 24.3 Å². The highest BCUT2D eigenvalue weighted by atomic mass is 32.1. The van der Waals surface area contributed by atoms with Crippen molar-refractivity contribution in [2.45, 2.75) is 32.1 Å². The molecule has 2 aromatic rings. The summed E-state index contributed by atoms with van der Waals surface area (Å²) in [6.45, 7) is 2.17. The molecule has 0 aromatic carbocycles. The van der Waals surface area contributed by atoms with E-state index < -0.39 is 0 Å². The van der Waals surface area contributed by atoms with Gasteiger partial charge in [-0.15, -0.1) is 22.7 Å². The van der Waals surface area contributed by atoms with E-state index >= 15 is 0 Å². The van der Waals surface area contributed by atoms with Gasteiger partial charge in [-0.2, -0.15) is 0 Å². The Hall–Kier alpha value is -1.26. The molecule has 0 atom stereocenters. The molecular weight excluding hydrogens is 276 g/mol. The number of unbranched alkanes of at least 4 members (excludes halogenated alkanes) is 1. The highest BCUT2D eigenvalue weighted by Crippen LogP contribution is 2.37. The molecule has 0 saturated heterocycles. The summed E-state index contributed by atoms with van der Waals surface area (Å²) in [4.78, 5) is 25.6. The van der Waals surface area contributed by atoms with Crippen LogP contribution in [0, 0.1) is 0 Å². The van der Waals surface area contributed by atoms with Gasteiger partial charge in [0.05, 0.1) is 9.75 Å². The average molecular weight is 292 g/mol. The molecule has 0 amide bonds. The van der Waals surface area contributed by atoms with Crippen molar-refractivity contribution < 1.29 is 9.59 Å². The fourth-order valence-corrected chi connectivity index (χ4v) is 4.10. The van der Waals surface area contributed by atoms with Gasteiger partial charge in [0.15, 0.2) is 12.6 Å². The van der Waals surface area contributed by atoms with Gasteiger partial charge >= 0.3 is 0 Å². The molecule has 0 saturated carbocycles. The molecule has 0 radical (unpaired) electrons. The van der Waals surface area contributed by atoms with Crippen molar-refractivity contribution >= 4 is 35.2 Å². The summed E-state index contributed by atoms with van der Waals surface area (Å²) in [5, 5.41) is 0. The third kappa shape index (κ3) is 3.39. The Kier molecular flexibility index (Phi) is 5.05. The largest absolute Gasteiger partial charge is 0.297 e. The molecule has 0 unspecified atom stereocenters. The second-order valence-electron chi connectivity index (χ2n) is 4.41. The van der Waals surface area contributed by atoms with Crippen molar-refractivity contribution in [3.05, 3.63) is 43.8 Å². The second kappa shape index (κ2) is 6.78. The molecule has 2 aromatic heterocycles. The number of aldehydes is 2. The van der Waals surface area contributed by atoms with Crippen LogP contribution in [0.5, 0.6) is 0 Å². The number of carbonyl (C=O) groups excluding carboxylic acids is 2. The van der Waals surface area contributed by atoms with Crippen LogP contribution in [0.4, 0.5) is 0 Å². The van der Waals surface area contributed by atoms with Crippen LogP contribution in [0.3, 0.4) is 0 Å². The van der Waals surface area contributed by atoms with Gasteiger partial charge in [-0.25, -0.2) is 0 Å². The van der Waals surface area contributed by atoms with Crippen LogP contribution in [-0.2, 0) is 0 Å². The van der Waals surface area contributed by atoms with E-state index in [1.54, 1.807) is 22.7 Å². The van der Waals surface area contributed by atoms with E-state index in [0.717, 1.165) is 41.6 Å². The molecule has 19 heavy (non-hydrogen) atoms. The molecule has 0 bridgehead atoms. The summed E-state index contributed by atoms with van der Waals surface area (Å²) >= 11 is 3.11. The molecule has 0 aliphatic heterocycles. The van der Waals surface area contributed by atoms with E-state index in [2.05, 4.69) is 6.92 Å². The van der Waals surface area contributed by atoms with E-state index in [1.165, 1.54) is 9.75 Å². The Morgan fingerprint density at radius 3 is 1.89 bits per heavy atom. The molecule has 4 heteroatoms. The first-order valence-corrected chi connectivity index (χ1v) is 8.01. The normalized spacial score (nSPS) is 10.8. The summed E-state index contributed by atoms with van der Waals surface area (Å²) in [5.41, 5.74) is 0. The van der Waals surface area contributed by atoms with Gasteiger partial charge in [-0.1, -0.05) is 19.8 Å². The third-order valence-electron chi connectivity index (χ3n) is 3.06. The fourth-order valence-electron chi connectivity index (χ4n) is 2.07. The molecule has 0 fully saturated rings. The molecule has 0 aliphatic carbocycles. The number of hydrogen-bond acceptors (Lipinski definition) is 4. The minimum Gasteiger partial charge on any atom is -0.297 e. The summed E-state index contributed by atoms with van der Waals surface area (Å²) < 4.78 is 0. The van der Waals surface area contributed by atoms with Crippen molar-refractivity contribution in [3.8, 4) is 0 Å². The monoisotopic (exact) mass is 292 g/mol. The fraction of sp³-hybridized carbons (Fsp3) is 0.333. The third-order valence-corrected chi connectivity index (χ3v) is 5.31. The zero-order chi connectivity index (χ0) is 13.7. The first-order chi connectivity index (χ1) is 9.28. The van der Waals surface area contributed by atoms with Crippen LogP contribution in [0.25, 0.3) is 0 Å². The van der Waals surface area contributed by atoms with Gasteiger partial charge < -0.3 is 0 Å². The maximum atomic E-state index is 10.8. The lowest BCUT2D eigenvalue weighted by Gasteiger charge is -2.13. The Morgan fingerprint density at radius 2 is 1.53 bits per heavy atom. The quantitative estimate of drug-likeness (QED) is 0.690. The molecule has 2 heterocycles. The minimum absolute atomic E-state index is 0.317. The van der Waals surface area contributed by atoms with Gasteiger partial charge in [0.25, 0.3) is 0 Å². The molecule has 2 nitrogen and oxygen atoms in total. The molecule has 0 N–H and O–H groups in total. The van der Waals surface area contributed by atoms with Crippen LogP contribution >= 0.6 is 22.7 Å². The SMILES string of the molecule is CCCCC(c1ccc(C=O)s1)c1ccc(C=O)s1. The predicted octanol–water partition coefficient (Wildman–Crippen LogP) is 4.76. The minimum atomic E-state index is 0.317. The van der Waals surface area contributed by atoms with Crippen LogP contribution < -0.4 is 0 Å². The maximum Gasteiger partial charge on any atom is 0.160 e. The standard InChI is InChI=1S/C15H16O2S2/c1-2-3-4-13(14-7-5-11(9-16)18-14)15-8-6-12(10-17)19-15/h5-10,13H,2-4H2,1H3. The second-order valence-corrected chi connectivity index (χ2v) is 6.70. The first-order valence-electron chi connectivity index (χ1n) is 6.38. The Labute approximate surface area is 121 Å². The highest BCUT2D eigenvalue weighted by molar-refractivity contribution is 7.15. The number of thiophene rings is 2. The summed E-state index contributed by atoms with van der Waals surface area (Å²) in [6.07, 6.45) is 5.16. The van der Waals surface area contributed by atoms with Crippen LogP contribution in [0.15, 0.2) is 24.3 Å². The van der Waals surface area contributed by atoms with E-state index in [4.69, 9.17) is 0 Å². The van der Waals surface area contributed by atoms with Crippen LogP contribution in [0.2, 0.25) is 0 Å². The topological polar surface area (TPSA) is 34.1 Å². The van der Waals surface area contributed by atoms with Gasteiger partial charge in [-0.3, -0.25) is 9.59 Å². The first kappa shape index (κ1) is 14.2. The zero-order valence-electron chi connectivity index (χ0n) is 10.8. The van der Waals surface area contributed by atoms with Crippen molar-refractivity contribution in [2.75, 3.05) is 0 Å². The van der Waals surface area contributed by atoms with Crippen LogP contribution in [0.1, 0.15) is 61.2 Å². The number of hydrogen-bond donors (Lipinski definition) is 0.